The number of carbonyl (C=O) groups excluding carboxylic acids is 3. The minimum absolute atomic E-state index is 0.0112. The van der Waals surface area contributed by atoms with E-state index in [1.165, 1.54) is 5.56 Å². The van der Waals surface area contributed by atoms with E-state index in [0.29, 0.717) is 38.0 Å². The molecule has 5 heteroatoms. The second-order valence-corrected chi connectivity index (χ2v) is 9.13. The smallest absolute Gasteiger partial charge is 0.245 e. The Hall–Kier alpha value is -2.17. The van der Waals surface area contributed by atoms with Crippen molar-refractivity contribution >= 4 is 17.6 Å². The van der Waals surface area contributed by atoms with E-state index in [0.717, 1.165) is 32.2 Å². The lowest BCUT2D eigenvalue weighted by Gasteiger charge is -2.35. The van der Waals surface area contributed by atoms with Gasteiger partial charge < -0.3 is 9.80 Å². The van der Waals surface area contributed by atoms with Crippen LogP contribution in [0.4, 0.5) is 0 Å². The van der Waals surface area contributed by atoms with Crippen molar-refractivity contribution in [1.29, 1.82) is 0 Å². The monoisotopic (exact) mass is 380 g/mol. The van der Waals surface area contributed by atoms with Gasteiger partial charge in [0.05, 0.1) is 0 Å². The highest BCUT2D eigenvalue weighted by molar-refractivity contribution is 5.91. The maximum absolute atomic E-state index is 13.6. The van der Waals surface area contributed by atoms with Crippen molar-refractivity contribution in [3.05, 3.63) is 35.9 Å². The molecule has 5 rings (SSSR count). The van der Waals surface area contributed by atoms with Gasteiger partial charge in [-0.05, 0) is 44.1 Å². The number of amides is 2. The Morgan fingerprint density at radius 1 is 1.04 bits per heavy atom. The average molecular weight is 380 g/mol. The van der Waals surface area contributed by atoms with E-state index < -0.39 is 0 Å². The third kappa shape index (κ3) is 2.96. The van der Waals surface area contributed by atoms with Gasteiger partial charge in [0.2, 0.25) is 11.8 Å². The van der Waals surface area contributed by atoms with E-state index in [9.17, 15) is 14.4 Å². The van der Waals surface area contributed by atoms with Crippen molar-refractivity contribution in [2.75, 3.05) is 6.54 Å². The van der Waals surface area contributed by atoms with Crippen molar-refractivity contribution in [3.8, 4) is 0 Å². The maximum Gasteiger partial charge on any atom is 0.245 e. The van der Waals surface area contributed by atoms with Gasteiger partial charge in [-0.25, -0.2) is 0 Å². The first-order valence-corrected chi connectivity index (χ1v) is 10.8. The van der Waals surface area contributed by atoms with Gasteiger partial charge in [-0.1, -0.05) is 30.3 Å². The molecule has 3 saturated heterocycles. The van der Waals surface area contributed by atoms with Gasteiger partial charge in [0.15, 0.2) is 0 Å². The molecule has 0 bridgehead atoms. The topological polar surface area (TPSA) is 57.7 Å². The molecule has 148 valence electrons. The predicted molar refractivity (Wildman–Crippen MR) is 105 cm³/mol. The summed E-state index contributed by atoms with van der Waals surface area (Å²) in [4.78, 5) is 42.4. The number of Topliss-reactive ketones (excluding diaryl/α,β-unsaturated/α-hetero) is 1. The fourth-order valence-corrected chi connectivity index (χ4v) is 5.75. The predicted octanol–water partition coefficient (Wildman–Crippen LogP) is 3.04. The van der Waals surface area contributed by atoms with Crippen molar-refractivity contribution in [3.63, 3.8) is 0 Å². The van der Waals surface area contributed by atoms with Crippen LogP contribution < -0.4 is 0 Å². The zero-order valence-corrected chi connectivity index (χ0v) is 16.3. The van der Waals surface area contributed by atoms with Crippen LogP contribution in [0.15, 0.2) is 30.3 Å². The molecule has 1 aliphatic carbocycles. The number of benzene rings is 1. The second-order valence-electron chi connectivity index (χ2n) is 9.13. The molecule has 0 aromatic heterocycles. The van der Waals surface area contributed by atoms with Gasteiger partial charge in [-0.3, -0.25) is 14.4 Å². The Bertz CT molecular complexity index is 801. The standard InChI is InChI=1S/C23H28N2O3/c26-19-7-4-8-21(27)25-18(13-19)9-10-20(25)22(28)24-15-17(14-23(24)11-12-23)16-5-2-1-3-6-16/h1-3,5-6,17-18,20H,4,7-15H2/t17-,18-,20+/m1/s1. The highest BCUT2D eigenvalue weighted by atomic mass is 16.2. The van der Waals surface area contributed by atoms with Gasteiger partial charge in [0, 0.05) is 43.3 Å². The van der Waals surface area contributed by atoms with Crippen LogP contribution in [0.1, 0.15) is 69.3 Å². The third-order valence-corrected chi connectivity index (χ3v) is 7.35. The SMILES string of the molecule is O=C1CCCC(=O)N2[C@H](CC[C@H]2C(=O)N2C[C@H](c3ccccc3)CC23CC3)C1. The highest BCUT2D eigenvalue weighted by Gasteiger charge is 2.58. The summed E-state index contributed by atoms with van der Waals surface area (Å²) in [5.41, 5.74) is 1.32. The summed E-state index contributed by atoms with van der Waals surface area (Å²) >= 11 is 0. The normalized spacial score (nSPS) is 31.6. The second kappa shape index (κ2) is 6.71. The van der Waals surface area contributed by atoms with E-state index in [4.69, 9.17) is 0 Å². The van der Waals surface area contributed by atoms with Crippen LogP contribution in [-0.2, 0) is 14.4 Å². The maximum atomic E-state index is 13.6. The van der Waals surface area contributed by atoms with Crippen LogP contribution in [0.3, 0.4) is 0 Å². The van der Waals surface area contributed by atoms with Crippen molar-refractivity contribution < 1.29 is 14.4 Å². The van der Waals surface area contributed by atoms with Crippen LogP contribution in [-0.4, -0.2) is 51.6 Å². The number of rotatable bonds is 2. The Kier molecular flexibility index (Phi) is 4.29. The Morgan fingerprint density at radius 2 is 1.82 bits per heavy atom. The average Bonchev–Trinajstić information content (AvgIpc) is 3.18. The minimum Gasteiger partial charge on any atom is -0.335 e. The molecule has 3 heterocycles. The van der Waals surface area contributed by atoms with Crippen molar-refractivity contribution in [2.45, 2.75) is 81.3 Å². The van der Waals surface area contributed by atoms with Crippen LogP contribution in [0.25, 0.3) is 0 Å². The molecule has 2 amide bonds. The first-order valence-electron chi connectivity index (χ1n) is 10.8. The molecule has 0 radical (unpaired) electrons. The molecule has 3 atom stereocenters. The lowest BCUT2D eigenvalue weighted by molar-refractivity contribution is -0.147. The lowest BCUT2D eigenvalue weighted by atomic mass is 9.96. The molecule has 1 spiro atoms. The fraction of sp³-hybridized carbons (Fsp3) is 0.609. The summed E-state index contributed by atoms with van der Waals surface area (Å²) in [6.07, 6.45) is 6.59. The summed E-state index contributed by atoms with van der Waals surface area (Å²) in [6, 6.07) is 10.0. The van der Waals surface area contributed by atoms with Gasteiger partial charge in [-0.15, -0.1) is 0 Å². The number of hydrogen-bond donors (Lipinski definition) is 0. The summed E-state index contributed by atoms with van der Waals surface area (Å²) in [5, 5.41) is 0. The summed E-state index contributed by atoms with van der Waals surface area (Å²) < 4.78 is 0. The van der Waals surface area contributed by atoms with E-state index in [1.54, 1.807) is 4.90 Å². The van der Waals surface area contributed by atoms with Crippen LogP contribution >= 0.6 is 0 Å². The molecule has 1 aromatic carbocycles. The number of nitrogens with zero attached hydrogens (tertiary/aromatic N) is 2. The van der Waals surface area contributed by atoms with E-state index in [2.05, 4.69) is 29.2 Å². The Labute approximate surface area is 166 Å². The molecule has 3 aliphatic heterocycles. The summed E-state index contributed by atoms with van der Waals surface area (Å²) in [7, 11) is 0. The first kappa shape index (κ1) is 17.9. The highest BCUT2D eigenvalue weighted by Crippen LogP contribution is 2.54. The molecule has 0 unspecified atom stereocenters. The van der Waals surface area contributed by atoms with Crippen molar-refractivity contribution in [2.24, 2.45) is 0 Å². The van der Waals surface area contributed by atoms with E-state index >= 15 is 0 Å². The van der Waals surface area contributed by atoms with Gasteiger partial charge in [-0.2, -0.15) is 0 Å². The molecular formula is C23H28N2O3. The quantitative estimate of drug-likeness (QED) is 0.792. The van der Waals surface area contributed by atoms with Crippen molar-refractivity contribution in [1.82, 2.24) is 9.80 Å². The number of carbonyl (C=O) groups is 3. The zero-order valence-electron chi connectivity index (χ0n) is 16.3. The van der Waals surface area contributed by atoms with E-state index in [-0.39, 0.29) is 35.2 Å². The van der Waals surface area contributed by atoms with Crippen LogP contribution in [0.5, 0.6) is 0 Å². The molecule has 1 saturated carbocycles. The summed E-state index contributed by atoms with van der Waals surface area (Å²) in [6.45, 7) is 0.755. The lowest BCUT2D eigenvalue weighted by Crippen LogP contribution is -2.52. The molecule has 4 fully saturated rings. The Morgan fingerprint density at radius 3 is 2.57 bits per heavy atom. The number of likely N-dealkylation sites (tertiary alicyclic amines) is 1. The van der Waals surface area contributed by atoms with E-state index in [1.807, 2.05) is 6.07 Å². The van der Waals surface area contributed by atoms with Crippen LogP contribution in [0.2, 0.25) is 0 Å². The van der Waals surface area contributed by atoms with Gasteiger partial charge >= 0.3 is 0 Å². The number of hydrogen-bond acceptors (Lipinski definition) is 3. The third-order valence-electron chi connectivity index (χ3n) is 7.35. The molecule has 1 aromatic rings. The Balaban J connectivity index is 1.37. The fourth-order valence-electron chi connectivity index (χ4n) is 5.75. The van der Waals surface area contributed by atoms with Crippen LogP contribution in [0, 0.1) is 0 Å². The minimum atomic E-state index is -0.365. The zero-order chi connectivity index (χ0) is 19.3. The molecule has 5 nitrogen and oxygen atoms in total. The number of ketones is 1. The molecule has 28 heavy (non-hydrogen) atoms. The van der Waals surface area contributed by atoms with Gasteiger partial charge in [0.1, 0.15) is 11.8 Å². The molecule has 4 aliphatic rings. The molecular weight excluding hydrogens is 352 g/mol. The summed E-state index contributed by atoms with van der Waals surface area (Å²) in [5.74, 6) is 0.811. The first-order chi connectivity index (χ1) is 13.6. The largest absolute Gasteiger partial charge is 0.335 e. The number of fused-ring (bicyclic) bond motifs is 1. The van der Waals surface area contributed by atoms with Gasteiger partial charge in [0.25, 0.3) is 0 Å². The molecule has 0 N–H and O–H groups in total.